The molecule has 2 fully saturated rings. The highest BCUT2D eigenvalue weighted by atomic mass is 32.1. The Morgan fingerprint density at radius 2 is 1.84 bits per heavy atom. The molecule has 1 aromatic heterocycles. The lowest BCUT2D eigenvalue weighted by Gasteiger charge is -2.30. The molecule has 1 N–H and O–H groups in total. The summed E-state index contributed by atoms with van der Waals surface area (Å²) in [4.78, 5) is 31.1. The lowest BCUT2D eigenvalue weighted by molar-refractivity contribution is -0.140. The topological polar surface area (TPSA) is 79.3 Å². The number of morpholine rings is 1. The third kappa shape index (κ3) is 5.46. The zero-order chi connectivity index (χ0) is 25.8. The van der Waals surface area contributed by atoms with E-state index in [9.17, 15) is 14.7 Å². The van der Waals surface area contributed by atoms with Gasteiger partial charge in [0.05, 0.1) is 24.8 Å². The molecule has 8 heteroatoms. The summed E-state index contributed by atoms with van der Waals surface area (Å²) in [5.41, 5.74) is 2.46. The number of ketones is 1. The van der Waals surface area contributed by atoms with E-state index in [4.69, 9.17) is 9.47 Å². The van der Waals surface area contributed by atoms with Gasteiger partial charge in [0.2, 0.25) is 0 Å². The number of Topliss-reactive ketones (excluding diaryl/α,β-unsaturated/α-hetero) is 1. The Kier molecular flexibility index (Phi) is 7.69. The van der Waals surface area contributed by atoms with Crippen molar-refractivity contribution in [3.05, 3.63) is 93.2 Å². The Labute approximate surface area is 220 Å². The maximum Gasteiger partial charge on any atom is 0.295 e. The predicted octanol–water partition coefficient (Wildman–Crippen LogP) is 4.39. The molecule has 2 aliphatic heterocycles. The van der Waals surface area contributed by atoms with Gasteiger partial charge in [0.1, 0.15) is 18.1 Å². The average Bonchev–Trinajstić information content (AvgIpc) is 3.54. The summed E-state index contributed by atoms with van der Waals surface area (Å²) in [5, 5.41) is 13.3. The number of thiophene rings is 1. The van der Waals surface area contributed by atoms with E-state index in [0.717, 1.165) is 29.1 Å². The highest BCUT2D eigenvalue weighted by molar-refractivity contribution is 7.10. The molecule has 192 valence electrons. The van der Waals surface area contributed by atoms with Gasteiger partial charge in [-0.15, -0.1) is 11.3 Å². The molecular formula is C29H30N2O5S. The molecule has 1 atom stereocenters. The Bertz CT molecular complexity index is 1280. The predicted molar refractivity (Wildman–Crippen MR) is 143 cm³/mol. The number of hydrogen-bond donors (Lipinski definition) is 1. The van der Waals surface area contributed by atoms with Crippen LogP contribution >= 0.6 is 11.3 Å². The number of nitrogens with zero attached hydrogens (tertiary/aromatic N) is 2. The van der Waals surface area contributed by atoms with Crippen molar-refractivity contribution in [1.82, 2.24) is 9.80 Å². The molecule has 3 aromatic rings. The number of benzene rings is 2. The number of ether oxygens (including phenoxy) is 2. The van der Waals surface area contributed by atoms with Crippen molar-refractivity contribution in [2.24, 2.45) is 0 Å². The maximum absolute atomic E-state index is 13.3. The van der Waals surface area contributed by atoms with E-state index in [0.29, 0.717) is 44.2 Å². The first-order chi connectivity index (χ1) is 18.0. The van der Waals surface area contributed by atoms with E-state index in [2.05, 4.69) is 4.90 Å². The summed E-state index contributed by atoms with van der Waals surface area (Å²) < 4.78 is 11.3. The number of aliphatic hydroxyl groups is 1. The number of aryl methyl sites for hydroxylation is 1. The van der Waals surface area contributed by atoms with Gasteiger partial charge in [-0.05, 0) is 47.7 Å². The van der Waals surface area contributed by atoms with E-state index in [1.807, 2.05) is 60.8 Å². The lowest BCUT2D eigenvalue weighted by Crippen LogP contribution is -2.42. The smallest absolute Gasteiger partial charge is 0.295 e. The molecule has 2 saturated heterocycles. The van der Waals surface area contributed by atoms with Crippen LogP contribution in [0, 0.1) is 6.92 Å². The third-order valence-corrected chi connectivity index (χ3v) is 7.74. The zero-order valence-electron chi connectivity index (χ0n) is 20.8. The van der Waals surface area contributed by atoms with Crippen LogP contribution in [0.2, 0.25) is 0 Å². The number of amides is 1. The van der Waals surface area contributed by atoms with Gasteiger partial charge in [-0.1, -0.05) is 36.4 Å². The van der Waals surface area contributed by atoms with Crippen LogP contribution in [0.4, 0.5) is 0 Å². The number of likely N-dealkylation sites (tertiary alicyclic amines) is 1. The number of hydrogen-bond acceptors (Lipinski definition) is 7. The second-order valence-corrected chi connectivity index (χ2v) is 10.2. The van der Waals surface area contributed by atoms with Crippen LogP contribution < -0.4 is 4.74 Å². The van der Waals surface area contributed by atoms with Gasteiger partial charge >= 0.3 is 0 Å². The molecule has 3 heterocycles. The second kappa shape index (κ2) is 11.3. The summed E-state index contributed by atoms with van der Waals surface area (Å²) in [6.45, 7) is 6.25. The van der Waals surface area contributed by atoms with Crippen molar-refractivity contribution < 1.29 is 24.2 Å². The van der Waals surface area contributed by atoms with E-state index in [1.54, 1.807) is 17.0 Å². The third-order valence-electron chi connectivity index (χ3n) is 6.81. The van der Waals surface area contributed by atoms with Gasteiger partial charge in [0, 0.05) is 36.6 Å². The van der Waals surface area contributed by atoms with Crippen molar-refractivity contribution in [2.75, 3.05) is 39.4 Å². The number of carbonyl (C=O) groups excluding carboxylic acids is 2. The largest absolute Gasteiger partial charge is 0.507 e. The fourth-order valence-electron chi connectivity index (χ4n) is 4.80. The quantitative estimate of drug-likeness (QED) is 0.271. The Morgan fingerprint density at radius 1 is 1.05 bits per heavy atom. The standard InChI is InChI=1S/C29H30N2O5S/c1-20-18-22(36-19-21-6-3-2-4-7-21)9-10-23(20)27(32)25-26(24-8-5-17-37-24)31(29(34)28(25)33)12-11-30-13-15-35-16-14-30/h2-10,17-18,26,32H,11-16,19H2,1H3/b27-25+/t26-/m0/s1. The van der Waals surface area contributed by atoms with Crippen LogP contribution in [-0.4, -0.2) is 66.0 Å². The van der Waals surface area contributed by atoms with E-state index >= 15 is 0 Å². The number of rotatable bonds is 8. The first-order valence-corrected chi connectivity index (χ1v) is 13.3. The SMILES string of the molecule is Cc1cc(OCc2ccccc2)ccc1/C(O)=C1\C(=O)C(=O)N(CCN2CCOCC2)[C@H]1c1cccs1. The fraction of sp³-hybridized carbons (Fsp3) is 0.310. The summed E-state index contributed by atoms with van der Waals surface area (Å²) in [6.07, 6.45) is 0. The number of aliphatic hydroxyl groups excluding tert-OH is 1. The van der Waals surface area contributed by atoms with Gasteiger partial charge < -0.3 is 19.5 Å². The molecule has 0 spiro atoms. The molecule has 0 aliphatic carbocycles. The molecule has 0 bridgehead atoms. The van der Waals surface area contributed by atoms with Crippen LogP contribution in [0.25, 0.3) is 5.76 Å². The van der Waals surface area contributed by atoms with Crippen LogP contribution in [0.1, 0.15) is 27.6 Å². The second-order valence-electron chi connectivity index (χ2n) is 9.21. The van der Waals surface area contributed by atoms with Crippen molar-refractivity contribution in [2.45, 2.75) is 19.6 Å². The summed E-state index contributed by atoms with van der Waals surface area (Å²) >= 11 is 1.47. The molecule has 37 heavy (non-hydrogen) atoms. The summed E-state index contributed by atoms with van der Waals surface area (Å²) in [6, 6.07) is 18.4. The van der Waals surface area contributed by atoms with E-state index in [-0.39, 0.29) is 11.3 Å². The molecule has 7 nitrogen and oxygen atoms in total. The van der Waals surface area contributed by atoms with Gasteiger partial charge in [0.25, 0.3) is 11.7 Å². The molecule has 2 aliphatic rings. The average molecular weight is 519 g/mol. The van der Waals surface area contributed by atoms with Gasteiger partial charge in [0.15, 0.2) is 0 Å². The summed E-state index contributed by atoms with van der Waals surface area (Å²) in [5.74, 6) is -0.716. The molecule has 0 unspecified atom stereocenters. The van der Waals surface area contributed by atoms with Crippen molar-refractivity contribution in [3.63, 3.8) is 0 Å². The Hall–Kier alpha value is -3.46. The first-order valence-electron chi connectivity index (χ1n) is 12.4. The molecule has 5 rings (SSSR count). The first kappa shape index (κ1) is 25.2. The number of carbonyl (C=O) groups is 2. The molecule has 2 aromatic carbocycles. The zero-order valence-corrected chi connectivity index (χ0v) is 21.6. The Morgan fingerprint density at radius 3 is 2.54 bits per heavy atom. The normalized spacial score (nSPS) is 19.9. The monoisotopic (exact) mass is 518 g/mol. The van der Waals surface area contributed by atoms with E-state index in [1.165, 1.54) is 11.3 Å². The minimum atomic E-state index is -0.651. The van der Waals surface area contributed by atoms with Crippen LogP contribution in [0.3, 0.4) is 0 Å². The van der Waals surface area contributed by atoms with Gasteiger partial charge in [-0.25, -0.2) is 0 Å². The highest BCUT2D eigenvalue weighted by Crippen LogP contribution is 2.41. The molecular weight excluding hydrogens is 488 g/mol. The lowest BCUT2D eigenvalue weighted by atomic mass is 9.97. The highest BCUT2D eigenvalue weighted by Gasteiger charge is 2.46. The van der Waals surface area contributed by atoms with E-state index < -0.39 is 17.7 Å². The fourth-order valence-corrected chi connectivity index (χ4v) is 5.65. The van der Waals surface area contributed by atoms with Crippen LogP contribution in [-0.2, 0) is 20.9 Å². The van der Waals surface area contributed by atoms with Gasteiger partial charge in [-0.3, -0.25) is 14.5 Å². The van der Waals surface area contributed by atoms with Crippen LogP contribution in [0.15, 0.2) is 71.6 Å². The molecule has 1 amide bonds. The minimum absolute atomic E-state index is 0.135. The van der Waals surface area contributed by atoms with Gasteiger partial charge in [-0.2, -0.15) is 0 Å². The van der Waals surface area contributed by atoms with Crippen molar-refractivity contribution in [1.29, 1.82) is 0 Å². The molecule has 0 radical (unpaired) electrons. The minimum Gasteiger partial charge on any atom is -0.507 e. The Balaban J connectivity index is 1.42. The van der Waals surface area contributed by atoms with Crippen molar-refractivity contribution >= 4 is 28.8 Å². The summed E-state index contributed by atoms with van der Waals surface area (Å²) in [7, 11) is 0. The maximum atomic E-state index is 13.3. The molecule has 0 saturated carbocycles. The van der Waals surface area contributed by atoms with Crippen molar-refractivity contribution in [3.8, 4) is 5.75 Å². The van der Waals surface area contributed by atoms with Crippen LogP contribution in [0.5, 0.6) is 5.75 Å².